The lowest BCUT2D eigenvalue weighted by Crippen LogP contribution is -2.53. The predicted molar refractivity (Wildman–Crippen MR) is 106 cm³/mol. The number of carbonyl (C=O) groups is 1. The van der Waals surface area contributed by atoms with Crippen LogP contribution in [0.1, 0.15) is 44.1 Å². The molecule has 4 bridgehead atoms. The number of rotatable bonds is 5. The lowest BCUT2D eigenvalue weighted by atomic mass is 9.47. The zero-order valence-electron chi connectivity index (χ0n) is 15.6. The van der Waals surface area contributed by atoms with Gasteiger partial charge in [-0.05, 0) is 72.2 Å². The van der Waals surface area contributed by atoms with E-state index in [0.717, 1.165) is 19.3 Å². The number of carbonyl (C=O) groups excluding carboxylic acids is 1. The molecule has 0 radical (unpaired) electrons. The molecule has 150 valence electrons. The summed E-state index contributed by atoms with van der Waals surface area (Å²) in [5.74, 6) is 1.43. The molecule has 0 heterocycles. The number of esters is 1. The average Bonchev–Trinajstić information content (AvgIpc) is 2.63. The van der Waals surface area contributed by atoms with Gasteiger partial charge in [0.25, 0.3) is 5.69 Å². The summed E-state index contributed by atoms with van der Waals surface area (Å²) in [6.45, 7) is 0. The van der Waals surface area contributed by atoms with Gasteiger partial charge in [0.15, 0.2) is 6.04 Å². The maximum Gasteiger partial charge on any atom is 0.331 e. The smallest absolute Gasteiger partial charge is 0.331 e. The number of nitro groups is 1. The van der Waals surface area contributed by atoms with Crippen LogP contribution in [0.3, 0.4) is 0 Å². The fraction of sp³-hybridized carbons (Fsp3) is 0.600. The van der Waals surface area contributed by atoms with Crippen LogP contribution in [-0.4, -0.2) is 35.4 Å². The number of aliphatic imine (C=N–C) groups is 1. The Morgan fingerprint density at radius 2 is 1.89 bits per heavy atom. The third-order valence-electron chi connectivity index (χ3n) is 6.74. The number of halogens is 1. The molecule has 0 spiro atoms. The van der Waals surface area contributed by atoms with Crippen molar-refractivity contribution in [2.24, 2.45) is 28.2 Å². The second-order valence-electron chi connectivity index (χ2n) is 8.61. The lowest BCUT2D eigenvalue weighted by Gasteiger charge is -2.58. The van der Waals surface area contributed by atoms with E-state index in [9.17, 15) is 20.0 Å². The van der Waals surface area contributed by atoms with E-state index in [4.69, 9.17) is 4.74 Å². The number of aromatic hydroxyl groups is 1. The van der Waals surface area contributed by atoms with Crippen LogP contribution in [0.25, 0.3) is 0 Å². The fourth-order valence-electron chi connectivity index (χ4n) is 6.06. The molecule has 4 aliphatic carbocycles. The van der Waals surface area contributed by atoms with Crippen molar-refractivity contribution in [1.82, 2.24) is 0 Å². The maximum absolute atomic E-state index is 12.7. The Kier molecular flexibility index (Phi) is 4.93. The normalized spacial score (nSPS) is 31.9. The standard InChI is InChI=1S/C20H23BrN2O5/c1-28-19(25)18(20-7-11-2-12(8-20)4-13(3-11)9-20)22-10-14-5-15(23(26)27)6-16(21)17(14)24/h5-6,10-13,18,24H,2-4,7-9H2,1H3/t11?,12?,13?,18-,20?/m1/s1. The lowest BCUT2D eigenvalue weighted by molar-refractivity contribution is -0.385. The van der Waals surface area contributed by atoms with Crippen molar-refractivity contribution in [1.29, 1.82) is 0 Å². The first-order valence-corrected chi connectivity index (χ1v) is 10.4. The number of nitrogens with zero attached hydrogens (tertiary/aromatic N) is 2. The van der Waals surface area contributed by atoms with Crippen molar-refractivity contribution in [3.63, 3.8) is 0 Å². The molecule has 5 rings (SSSR count). The highest BCUT2D eigenvalue weighted by Gasteiger charge is 2.56. The topological polar surface area (TPSA) is 102 Å². The monoisotopic (exact) mass is 450 g/mol. The Balaban J connectivity index is 1.69. The number of hydrogen-bond acceptors (Lipinski definition) is 6. The molecule has 0 aliphatic heterocycles. The highest BCUT2D eigenvalue weighted by Crippen LogP contribution is 2.62. The van der Waals surface area contributed by atoms with Crippen LogP contribution >= 0.6 is 15.9 Å². The van der Waals surface area contributed by atoms with Crippen molar-refractivity contribution in [2.75, 3.05) is 7.11 Å². The van der Waals surface area contributed by atoms with Crippen LogP contribution in [-0.2, 0) is 9.53 Å². The molecule has 1 N–H and O–H groups in total. The molecule has 8 heteroatoms. The van der Waals surface area contributed by atoms with Gasteiger partial charge >= 0.3 is 5.97 Å². The summed E-state index contributed by atoms with van der Waals surface area (Å²) >= 11 is 3.14. The van der Waals surface area contributed by atoms with Gasteiger partial charge in [-0.1, -0.05) is 0 Å². The van der Waals surface area contributed by atoms with E-state index < -0.39 is 11.0 Å². The average molecular weight is 451 g/mol. The van der Waals surface area contributed by atoms with E-state index in [-0.39, 0.29) is 32.9 Å². The summed E-state index contributed by atoms with van der Waals surface area (Å²) in [5, 5.41) is 21.4. The van der Waals surface area contributed by atoms with Crippen LogP contribution in [0.5, 0.6) is 5.75 Å². The van der Waals surface area contributed by atoms with Crippen molar-refractivity contribution in [3.8, 4) is 5.75 Å². The SMILES string of the molecule is COC(=O)[C@@H](N=Cc1cc([N+](=O)[O-])cc(Br)c1O)C12CC3CC(CC(C3)C1)C2. The number of phenols is 1. The molecule has 1 aromatic rings. The van der Waals surface area contributed by atoms with Gasteiger partial charge < -0.3 is 9.84 Å². The molecule has 1 atom stereocenters. The minimum atomic E-state index is -0.650. The van der Waals surface area contributed by atoms with Crippen molar-refractivity contribution >= 4 is 33.8 Å². The second kappa shape index (κ2) is 7.13. The van der Waals surface area contributed by atoms with E-state index in [1.807, 2.05) is 0 Å². The first-order valence-electron chi connectivity index (χ1n) is 9.59. The molecule has 7 nitrogen and oxygen atoms in total. The molecule has 0 amide bonds. The molecule has 4 saturated carbocycles. The Morgan fingerprint density at radius 1 is 1.32 bits per heavy atom. The fourth-order valence-corrected chi connectivity index (χ4v) is 6.52. The molecule has 4 fully saturated rings. The van der Waals surface area contributed by atoms with Crippen LogP contribution in [0.4, 0.5) is 5.69 Å². The number of benzene rings is 1. The van der Waals surface area contributed by atoms with E-state index >= 15 is 0 Å². The first kappa shape index (κ1) is 19.4. The molecular weight excluding hydrogens is 428 g/mol. The summed E-state index contributed by atoms with van der Waals surface area (Å²) in [5.41, 5.74) is -0.151. The van der Waals surface area contributed by atoms with Crippen LogP contribution in [0.15, 0.2) is 21.6 Å². The Hall–Kier alpha value is -1.96. The maximum atomic E-state index is 12.7. The van der Waals surface area contributed by atoms with Gasteiger partial charge in [-0.2, -0.15) is 0 Å². The molecule has 28 heavy (non-hydrogen) atoms. The van der Waals surface area contributed by atoms with Gasteiger partial charge in [0.1, 0.15) is 5.75 Å². The summed E-state index contributed by atoms with van der Waals surface area (Å²) < 4.78 is 5.29. The first-order chi connectivity index (χ1) is 13.3. The van der Waals surface area contributed by atoms with Gasteiger partial charge in [-0.3, -0.25) is 15.1 Å². The van der Waals surface area contributed by atoms with Crippen molar-refractivity contribution in [3.05, 3.63) is 32.3 Å². The zero-order valence-corrected chi connectivity index (χ0v) is 17.2. The predicted octanol–water partition coefficient (Wildman–Crippen LogP) is 4.24. The number of nitro benzene ring substituents is 1. The Bertz CT molecular complexity index is 818. The molecule has 0 saturated heterocycles. The van der Waals surface area contributed by atoms with Gasteiger partial charge in [0.2, 0.25) is 0 Å². The summed E-state index contributed by atoms with van der Waals surface area (Å²) in [6.07, 6.45) is 8.04. The number of hydrogen-bond donors (Lipinski definition) is 1. The molecule has 1 aromatic carbocycles. The summed E-state index contributed by atoms with van der Waals surface area (Å²) in [6, 6.07) is 1.85. The van der Waals surface area contributed by atoms with Crippen LogP contribution < -0.4 is 0 Å². The number of phenolic OH excluding ortho intramolecular Hbond substituents is 1. The molecular formula is C20H23BrN2O5. The van der Waals surface area contributed by atoms with Crippen molar-refractivity contribution in [2.45, 2.75) is 44.6 Å². The van der Waals surface area contributed by atoms with Crippen molar-refractivity contribution < 1.29 is 19.6 Å². The highest BCUT2D eigenvalue weighted by atomic mass is 79.9. The minimum Gasteiger partial charge on any atom is -0.506 e. The summed E-state index contributed by atoms with van der Waals surface area (Å²) in [7, 11) is 1.37. The van der Waals surface area contributed by atoms with E-state index in [0.29, 0.717) is 17.8 Å². The van der Waals surface area contributed by atoms with E-state index in [1.54, 1.807) is 0 Å². The van der Waals surface area contributed by atoms with Crippen LogP contribution in [0.2, 0.25) is 0 Å². The second-order valence-corrected chi connectivity index (χ2v) is 9.46. The highest BCUT2D eigenvalue weighted by molar-refractivity contribution is 9.10. The zero-order chi connectivity index (χ0) is 20.1. The van der Waals surface area contributed by atoms with Gasteiger partial charge in [0, 0.05) is 29.3 Å². The van der Waals surface area contributed by atoms with E-state index in [2.05, 4.69) is 20.9 Å². The number of ether oxygens (including phenoxy) is 1. The third kappa shape index (κ3) is 3.32. The Labute approximate surface area is 171 Å². The Morgan fingerprint density at radius 3 is 2.39 bits per heavy atom. The van der Waals surface area contributed by atoms with Gasteiger partial charge in [-0.25, -0.2) is 4.79 Å². The number of methoxy groups -OCH3 is 1. The quantitative estimate of drug-likeness (QED) is 0.312. The third-order valence-corrected chi connectivity index (χ3v) is 7.35. The largest absolute Gasteiger partial charge is 0.506 e. The minimum absolute atomic E-state index is 0.136. The number of non-ortho nitro benzene ring substituents is 1. The van der Waals surface area contributed by atoms with E-state index in [1.165, 1.54) is 44.7 Å². The van der Waals surface area contributed by atoms with Gasteiger partial charge in [-0.15, -0.1) is 0 Å². The molecule has 0 aromatic heterocycles. The van der Waals surface area contributed by atoms with Gasteiger partial charge in [0.05, 0.1) is 16.5 Å². The van der Waals surface area contributed by atoms with Crippen LogP contribution in [0, 0.1) is 33.3 Å². The summed E-state index contributed by atoms with van der Waals surface area (Å²) in [4.78, 5) is 27.8. The molecule has 0 unspecified atom stereocenters. The molecule has 4 aliphatic rings.